The summed E-state index contributed by atoms with van der Waals surface area (Å²) in [6.45, 7) is 0. The molecule has 0 unspecified atom stereocenters. The van der Waals surface area contributed by atoms with Gasteiger partial charge in [0.1, 0.15) is 5.70 Å². The molecule has 5 nitrogen and oxygen atoms in total. The summed E-state index contributed by atoms with van der Waals surface area (Å²) in [5, 5.41) is 5.80. The van der Waals surface area contributed by atoms with Gasteiger partial charge in [0.2, 0.25) is 5.78 Å². The monoisotopic (exact) mass is 277 g/mol. The summed E-state index contributed by atoms with van der Waals surface area (Å²) < 4.78 is 0. The molecular formula is C16H11N3O2. The van der Waals surface area contributed by atoms with E-state index in [1.54, 1.807) is 30.3 Å². The molecule has 0 atom stereocenters. The van der Waals surface area contributed by atoms with Crippen molar-refractivity contribution in [3.8, 4) is 0 Å². The average Bonchev–Trinajstić information content (AvgIpc) is 2.96. The fraction of sp³-hybridized carbons (Fsp3) is 0. The van der Waals surface area contributed by atoms with E-state index in [4.69, 9.17) is 5.73 Å². The maximum atomic E-state index is 12.5. The fourth-order valence-electron chi connectivity index (χ4n) is 2.73. The minimum atomic E-state index is -0.292. The standard InChI is InChI=1S/C16H11N3O2/c17-8-5-6-12-10(7-8)13(16(21)19-12)14-15(20)9-3-1-2-4-11(9)18-14/h1-7,18H,17H2,(H,19,21)/b14-13-. The zero-order valence-corrected chi connectivity index (χ0v) is 10.9. The van der Waals surface area contributed by atoms with E-state index in [1.165, 1.54) is 0 Å². The number of benzene rings is 2. The number of nitrogens with one attached hydrogen (secondary N) is 2. The first-order chi connectivity index (χ1) is 10.1. The van der Waals surface area contributed by atoms with Crippen molar-refractivity contribution >= 4 is 34.3 Å². The summed E-state index contributed by atoms with van der Waals surface area (Å²) in [5.41, 5.74) is 9.60. The van der Waals surface area contributed by atoms with E-state index in [-0.39, 0.29) is 11.7 Å². The minimum Gasteiger partial charge on any atom is -0.399 e. The molecule has 0 bridgehead atoms. The van der Waals surface area contributed by atoms with E-state index < -0.39 is 0 Å². The highest BCUT2D eigenvalue weighted by Gasteiger charge is 2.34. The van der Waals surface area contributed by atoms with Gasteiger partial charge in [-0.2, -0.15) is 0 Å². The number of rotatable bonds is 0. The molecule has 0 saturated heterocycles. The number of Topliss-reactive ketones (excluding diaryl/α,β-unsaturated/α-hetero) is 1. The highest BCUT2D eigenvalue weighted by molar-refractivity contribution is 6.39. The van der Waals surface area contributed by atoms with Gasteiger partial charge in [0, 0.05) is 28.2 Å². The molecule has 2 aliphatic heterocycles. The second-order valence-electron chi connectivity index (χ2n) is 5.01. The lowest BCUT2D eigenvalue weighted by molar-refractivity contribution is -0.110. The topological polar surface area (TPSA) is 84.2 Å². The lowest BCUT2D eigenvalue weighted by Crippen LogP contribution is -2.11. The van der Waals surface area contributed by atoms with E-state index >= 15 is 0 Å². The molecule has 0 radical (unpaired) electrons. The summed E-state index contributed by atoms with van der Waals surface area (Å²) in [6.07, 6.45) is 0. The Bertz CT molecular complexity index is 852. The Morgan fingerprint density at radius 3 is 2.43 bits per heavy atom. The van der Waals surface area contributed by atoms with Crippen molar-refractivity contribution in [3.63, 3.8) is 0 Å². The number of carbonyl (C=O) groups excluding carboxylic acids is 2. The first-order valence-electron chi connectivity index (χ1n) is 6.51. The summed E-state index contributed by atoms with van der Waals surface area (Å²) in [5.74, 6) is -0.467. The highest BCUT2D eigenvalue weighted by Crippen LogP contribution is 2.39. The number of hydrogen-bond acceptors (Lipinski definition) is 4. The molecule has 5 heteroatoms. The Hall–Kier alpha value is -3.08. The van der Waals surface area contributed by atoms with Crippen molar-refractivity contribution in [2.24, 2.45) is 0 Å². The van der Waals surface area contributed by atoms with Gasteiger partial charge in [-0.15, -0.1) is 0 Å². The van der Waals surface area contributed by atoms with Crippen molar-refractivity contribution in [1.29, 1.82) is 0 Å². The van der Waals surface area contributed by atoms with Crippen molar-refractivity contribution in [3.05, 3.63) is 59.3 Å². The van der Waals surface area contributed by atoms with Crippen LogP contribution in [-0.2, 0) is 4.79 Å². The lowest BCUT2D eigenvalue weighted by Gasteiger charge is -2.04. The quantitative estimate of drug-likeness (QED) is 0.509. The molecule has 0 spiro atoms. The number of para-hydroxylation sites is 1. The van der Waals surface area contributed by atoms with Gasteiger partial charge >= 0.3 is 0 Å². The van der Waals surface area contributed by atoms with Gasteiger partial charge in [-0.3, -0.25) is 9.59 Å². The molecule has 4 N–H and O–H groups in total. The molecule has 2 aromatic rings. The average molecular weight is 277 g/mol. The molecule has 2 aliphatic rings. The van der Waals surface area contributed by atoms with E-state index in [0.717, 1.165) is 5.69 Å². The molecule has 2 heterocycles. The highest BCUT2D eigenvalue weighted by atomic mass is 16.2. The van der Waals surface area contributed by atoms with Crippen LogP contribution in [-0.4, -0.2) is 11.7 Å². The number of carbonyl (C=O) groups is 2. The van der Waals surface area contributed by atoms with E-state index in [2.05, 4.69) is 10.6 Å². The normalized spacial score (nSPS) is 19.0. The van der Waals surface area contributed by atoms with Crippen LogP contribution >= 0.6 is 0 Å². The molecule has 0 saturated carbocycles. The predicted molar refractivity (Wildman–Crippen MR) is 80.8 cm³/mol. The van der Waals surface area contributed by atoms with Gasteiger partial charge in [0.15, 0.2) is 0 Å². The van der Waals surface area contributed by atoms with Crippen LogP contribution in [0.2, 0.25) is 0 Å². The molecule has 0 aliphatic carbocycles. The zero-order chi connectivity index (χ0) is 14.6. The van der Waals surface area contributed by atoms with Crippen LogP contribution < -0.4 is 16.4 Å². The summed E-state index contributed by atoms with van der Waals surface area (Å²) in [6, 6.07) is 12.3. The van der Waals surface area contributed by atoms with Gasteiger partial charge in [0.25, 0.3) is 5.91 Å². The number of nitrogens with two attached hydrogens (primary N) is 1. The van der Waals surface area contributed by atoms with Crippen molar-refractivity contribution in [2.75, 3.05) is 16.4 Å². The Labute approximate surface area is 120 Å². The predicted octanol–water partition coefficient (Wildman–Crippen LogP) is 2.24. The van der Waals surface area contributed by atoms with Crippen LogP contribution in [0.15, 0.2) is 48.2 Å². The lowest BCUT2D eigenvalue weighted by atomic mass is 10.0. The number of hydrogen-bond donors (Lipinski definition) is 3. The number of ketones is 1. The molecule has 2 aromatic carbocycles. The second kappa shape index (κ2) is 3.96. The smallest absolute Gasteiger partial charge is 0.258 e. The summed E-state index contributed by atoms with van der Waals surface area (Å²) >= 11 is 0. The van der Waals surface area contributed by atoms with Gasteiger partial charge in [-0.25, -0.2) is 0 Å². The van der Waals surface area contributed by atoms with Gasteiger partial charge in [-0.1, -0.05) is 12.1 Å². The third-order valence-corrected chi connectivity index (χ3v) is 3.70. The number of allylic oxidation sites excluding steroid dienone is 1. The number of anilines is 3. The van der Waals surface area contributed by atoms with E-state index in [9.17, 15) is 9.59 Å². The number of amides is 1. The van der Waals surface area contributed by atoms with Crippen molar-refractivity contribution in [1.82, 2.24) is 0 Å². The van der Waals surface area contributed by atoms with Crippen LogP contribution in [0.4, 0.5) is 17.1 Å². The summed E-state index contributed by atoms with van der Waals surface area (Å²) in [4.78, 5) is 24.7. The molecule has 21 heavy (non-hydrogen) atoms. The SMILES string of the molecule is Nc1ccc2c(c1)/C(=C1/Nc3ccccc3C1=O)C(=O)N2. The first kappa shape index (κ1) is 11.7. The number of fused-ring (bicyclic) bond motifs is 2. The largest absolute Gasteiger partial charge is 0.399 e. The third kappa shape index (κ3) is 1.57. The maximum absolute atomic E-state index is 12.5. The molecular weight excluding hydrogens is 266 g/mol. The Kier molecular flexibility index (Phi) is 2.21. The maximum Gasteiger partial charge on any atom is 0.258 e. The molecule has 1 amide bonds. The molecule has 0 aromatic heterocycles. The van der Waals surface area contributed by atoms with Gasteiger partial charge < -0.3 is 16.4 Å². The third-order valence-electron chi connectivity index (χ3n) is 3.70. The van der Waals surface area contributed by atoms with Crippen molar-refractivity contribution < 1.29 is 9.59 Å². The summed E-state index contributed by atoms with van der Waals surface area (Å²) in [7, 11) is 0. The molecule has 4 rings (SSSR count). The minimum absolute atomic E-state index is 0.175. The van der Waals surface area contributed by atoms with Gasteiger partial charge in [0.05, 0.1) is 5.57 Å². The van der Waals surface area contributed by atoms with Crippen molar-refractivity contribution in [2.45, 2.75) is 0 Å². The molecule has 0 fully saturated rings. The van der Waals surface area contributed by atoms with E-state index in [0.29, 0.717) is 33.8 Å². The Balaban J connectivity index is 1.94. The Morgan fingerprint density at radius 2 is 1.62 bits per heavy atom. The fourth-order valence-corrected chi connectivity index (χ4v) is 2.73. The van der Waals surface area contributed by atoms with Crippen LogP contribution in [0.1, 0.15) is 15.9 Å². The van der Waals surface area contributed by atoms with Gasteiger partial charge in [-0.05, 0) is 30.3 Å². The van der Waals surface area contributed by atoms with Crippen LogP contribution in [0.3, 0.4) is 0 Å². The zero-order valence-electron chi connectivity index (χ0n) is 10.9. The second-order valence-corrected chi connectivity index (χ2v) is 5.01. The van der Waals surface area contributed by atoms with E-state index in [1.807, 2.05) is 12.1 Å². The first-order valence-corrected chi connectivity index (χ1v) is 6.51. The van der Waals surface area contributed by atoms with Crippen LogP contribution in [0.25, 0.3) is 5.57 Å². The number of nitrogen functional groups attached to an aromatic ring is 1. The molecule has 102 valence electrons. The van der Waals surface area contributed by atoms with Crippen LogP contribution in [0, 0.1) is 0 Å². The Morgan fingerprint density at radius 1 is 0.857 bits per heavy atom. The van der Waals surface area contributed by atoms with Crippen LogP contribution in [0.5, 0.6) is 0 Å².